The summed E-state index contributed by atoms with van der Waals surface area (Å²) in [6.45, 7) is 1.61. The lowest BCUT2D eigenvalue weighted by Crippen LogP contribution is -2.03. The second-order valence-corrected chi connectivity index (χ2v) is 5.19. The predicted molar refractivity (Wildman–Crippen MR) is 45.4 cm³/mol. The molecule has 0 rings (SSSR count). The molecule has 0 heterocycles. The molecule has 0 amide bonds. The van der Waals surface area contributed by atoms with Crippen LogP contribution in [0.1, 0.15) is 19.8 Å². The van der Waals surface area contributed by atoms with Crippen molar-refractivity contribution in [2.24, 2.45) is 0 Å². The van der Waals surface area contributed by atoms with Gasteiger partial charge in [-0.2, -0.15) is 4.31 Å². The molecule has 2 unspecified atom stereocenters. The Labute approximate surface area is 84.7 Å². The van der Waals surface area contributed by atoms with Crippen LogP contribution in [0.3, 0.4) is 0 Å². The highest BCUT2D eigenvalue weighted by Gasteiger charge is 2.38. The number of phosphoric acid groups is 2. The molecule has 0 bridgehead atoms. The van der Waals surface area contributed by atoms with E-state index < -0.39 is 21.6 Å². The van der Waals surface area contributed by atoms with Crippen molar-refractivity contribution in [3.8, 4) is 0 Å². The number of hydrogen-bond acceptors (Lipinski definition) is 7. The Morgan fingerprint density at radius 1 is 1.27 bits per heavy atom. The van der Waals surface area contributed by atoms with Crippen molar-refractivity contribution < 1.29 is 42.5 Å². The van der Waals surface area contributed by atoms with Crippen LogP contribution in [0.15, 0.2) is 0 Å². The molecule has 90 valence electrons. The highest BCUT2D eigenvalue weighted by molar-refractivity contribution is 7.61. The Balaban J connectivity index is 4.38. The van der Waals surface area contributed by atoms with Crippen molar-refractivity contribution in [2.75, 3.05) is 0 Å². The second-order valence-electron chi connectivity index (χ2n) is 2.31. The normalized spacial score (nSPS) is 18.9. The molecule has 0 aliphatic heterocycles. The smallest absolute Gasteiger partial charge is 0.370 e. The van der Waals surface area contributed by atoms with Crippen LogP contribution in [0.5, 0.6) is 0 Å². The topological polar surface area (TPSA) is 140 Å². The van der Waals surface area contributed by atoms with Crippen LogP contribution in [0.25, 0.3) is 0 Å². The minimum absolute atomic E-state index is 0.163. The van der Waals surface area contributed by atoms with E-state index in [9.17, 15) is 13.9 Å². The molecule has 0 aromatic heterocycles. The average molecular weight is 264 g/mol. The fourth-order valence-electron chi connectivity index (χ4n) is 0.540. The zero-order valence-electron chi connectivity index (χ0n) is 7.60. The molecule has 0 aliphatic rings. The fraction of sp³-hybridized carbons (Fsp3) is 0.750. The van der Waals surface area contributed by atoms with Gasteiger partial charge in [0.1, 0.15) is 0 Å². The van der Waals surface area contributed by atoms with E-state index >= 15 is 0 Å². The van der Waals surface area contributed by atoms with Crippen LogP contribution in [-0.2, 0) is 27.4 Å². The molecule has 11 heteroatoms. The van der Waals surface area contributed by atoms with E-state index in [0.717, 1.165) is 0 Å². The van der Waals surface area contributed by atoms with Crippen molar-refractivity contribution in [3.05, 3.63) is 0 Å². The van der Waals surface area contributed by atoms with Gasteiger partial charge in [0.05, 0.1) is 0 Å². The maximum absolute atomic E-state index is 10.8. The van der Waals surface area contributed by atoms with Crippen molar-refractivity contribution >= 4 is 21.6 Å². The Bertz CT molecular complexity index is 311. The van der Waals surface area contributed by atoms with Gasteiger partial charge in [-0.1, -0.05) is 6.92 Å². The number of hydrogen-bond donors (Lipinski definition) is 3. The predicted octanol–water partition coefficient (Wildman–Crippen LogP) is 1.04. The SMILES string of the molecule is CCCC(=O)OP(=O)(O)OP(=O)(O)OO. The highest BCUT2D eigenvalue weighted by Crippen LogP contribution is 2.60. The molecule has 0 radical (unpaired) electrons. The number of phosphoric ester groups is 1. The van der Waals surface area contributed by atoms with E-state index in [1.54, 1.807) is 6.92 Å². The van der Waals surface area contributed by atoms with Crippen LogP contribution in [-0.4, -0.2) is 21.0 Å². The van der Waals surface area contributed by atoms with Crippen molar-refractivity contribution in [1.29, 1.82) is 0 Å². The molecule has 0 saturated carbocycles. The van der Waals surface area contributed by atoms with Gasteiger partial charge in [0.25, 0.3) is 0 Å². The third-order valence-corrected chi connectivity index (χ3v) is 3.27. The summed E-state index contributed by atoms with van der Waals surface area (Å²) < 4.78 is 31.5. The van der Waals surface area contributed by atoms with Crippen LogP contribution < -0.4 is 0 Å². The minimum atomic E-state index is -5.10. The van der Waals surface area contributed by atoms with E-state index in [2.05, 4.69) is 13.5 Å². The summed E-state index contributed by atoms with van der Waals surface area (Å²) in [7, 11) is -10.2. The zero-order valence-corrected chi connectivity index (χ0v) is 9.39. The molecule has 0 saturated heterocycles. The first kappa shape index (κ1) is 14.7. The first-order chi connectivity index (χ1) is 6.72. The van der Waals surface area contributed by atoms with Crippen molar-refractivity contribution in [2.45, 2.75) is 19.8 Å². The summed E-state index contributed by atoms with van der Waals surface area (Å²) in [5.41, 5.74) is 0. The summed E-state index contributed by atoms with van der Waals surface area (Å²) in [5.74, 6) is -1.08. The maximum atomic E-state index is 10.8. The fourth-order valence-corrected chi connectivity index (χ4v) is 2.18. The molecule has 3 N–H and O–H groups in total. The summed E-state index contributed by atoms with van der Waals surface area (Å²) >= 11 is 0. The standard InChI is InChI=1S/C4H10O9P2/c1-2-3-4(5)11-14(7,8)13-15(9,10)12-6/h6H,2-3H2,1H3,(H,7,8)(H,9,10). The van der Waals surface area contributed by atoms with Gasteiger partial charge in [0, 0.05) is 6.42 Å². The molecule has 0 aliphatic carbocycles. The van der Waals surface area contributed by atoms with Gasteiger partial charge in [-0.25, -0.2) is 14.4 Å². The molecule has 0 aromatic rings. The van der Waals surface area contributed by atoms with Crippen molar-refractivity contribution in [1.82, 2.24) is 0 Å². The summed E-state index contributed by atoms with van der Waals surface area (Å²) in [6, 6.07) is 0. The number of rotatable bonds is 6. The van der Waals surface area contributed by atoms with E-state index in [1.165, 1.54) is 0 Å². The van der Waals surface area contributed by atoms with Crippen LogP contribution >= 0.6 is 15.6 Å². The van der Waals surface area contributed by atoms with Gasteiger partial charge >= 0.3 is 21.6 Å². The lowest BCUT2D eigenvalue weighted by atomic mass is 10.4. The van der Waals surface area contributed by atoms with Gasteiger partial charge < -0.3 is 9.42 Å². The number of carbonyl (C=O) groups excluding carboxylic acids is 1. The van der Waals surface area contributed by atoms with Gasteiger partial charge in [0.15, 0.2) is 0 Å². The monoisotopic (exact) mass is 264 g/mol. The van der Waals surface area contributed by atoms with Crippen LogP contribution in [0.4, 0.5) is 0 Å². The summed E-state index contributed by atoms with van der Waals surface area (Å²) in [5, 5.41) is 7.78. The molecular weight excluding hydrogens is 254 g/mol. The van der Waals surface area contributed by atoms with E-state index in [4.69, 9.17) is 15.0 Å². The van der Waals surface area contributed by atoms with Crippen LogP contribution in [0.2, 0.25) is 0 Å². The Morgan fingerprint density at radius 3 is 2.20 bits per heavy atom. The van der Waals surface area contributed by atoms with E-state index in [0.29, 0.717) is 6.42 Å². The lowest BCUT2D eigenvalue weighted by Gasteiger charge is -2.12. The second kappa shape index (κ2) is 5.72. The Hall–Kier alpha value is -0.270. The van der Waals surface area contributed by atoms with E-state index in [1.807, 2.05) is 0 Å². The van der Waals surface area contributed by atoms with Crippen molar-refractivity contribution in [3.63, 3.8) is 0 Å². The molecule has 0 spiro atoms. The molecule has 0 aromatic carbocycles. The third-order valence-electron chi connectivity index (χ3n) is 0.981. The summed E-state index contributed by atoms with van der Waals surface area (Å²) in [4.78, 5) is 27.9. The first-order valence-electron chi connectivity index (χ1n) is 3.65. The largest absolute Gasteiger partial charge is 0.538 e. The number of carbonyl (C=O) groups is 1. The Morgan fingerprint density at radius 2 is 1.80 bits per heavy atom. The molecule has 0 fully saturated rings. The minimum Gasteiger partial charge on any atom is -0.370 e. The zero-order chi connectivity index (χ0) is 12.1. The summed E-state index contributed by atoms with van der Waals surface area (Å²) in [6.07, 6.45) is 0.190. The first-order valence-corrected chi connectivity index (χ1v) is 6.64. The average Bonchev–Trinajstić information content (AvgIpc) is 2.01. The Kier molecular flexibility index (Phi) is 5.61. The quantitative estimate of drug-likeness (QED) is 0.364. The lowest BCUT2D eigenvalue weighted by molar-refractivity contribution is -0.158. The molecule has 9 nitrogen and oxygen atoms in total. The van der Waals surface area contributed by atoms with Gasteiger partial charge in [-0.05, 0) is 6.42 Å². The third kappa shape index (κ3) is 6.75. The van der Waals surface area contributed by atoms with Gasteiger partial charge in [-0.15, -0.1) is 4.67 Å². The van der Waals surface area contributed by atoms with Gasteiger partial charge in [0.2, 0.25) is 0 Å². The molecule has 15 heavy (non-hydrogen) atoms. The molecule has 2 atom stereocenters. The highest BCUT2D eigenvalue weighted by atomic mass is 31.3. The van der Waals surface area contributed by atoms with Crippen LogP contribution in [0, 0.1) is 0 Å². The molecular formula is C4H10O9P2. The van der Waals surface area contributed by atoms with E-state index in [-0.39, 0.29) is 6.42 Å². The van der Waals surface area contributed by atoms with Gasteiger partial charge in [-0.3, -0.25) is 9.69 Å². The maximum Gasteiger partial charge on any atom is 0.538 e.